The Kier molecular flexibility index (Phi) is 4.24. The van der Waals surface area contributed by atoms with Gasteiger partial charge in [0.25, 0.3) is 0 Å². The van der Waals surface area contributed by atoms with Crippen molar-refractivity contribution in [2.45, 2.75) is 45.6 Å². The Hall–Kier alpha value is -1.51. The maximum absolute atomic E-state index is 12.2. The van der Waals surface area contributed by atoms with Crippen LogP contribution in [0.5, 0.6) is 0 Å². The molecule has 0 saturated carbocycles. The molecule has 0 spiro atoms. The van der Waals surface area contributed by atoms with Gasteiger partial charge in [-0.2, -0.15) is 0 Å². The predicted molar refractivity (Wildman–Crippen MR) is 73.0 cm³/mol. The van der Waals surface area contributed by atoms with E-state index in [-0.39, 0.29) is 12.1 Å². The second-order valence-corrected chi connectivity index (χ2v) is 4.71. The Morgan fingerprint density at radius 1 is 1.39 bits per heavy atom. The van der Waals surface area contributed by atoms with Gasteiger partial charge in [-0.3, -0.25) is 4.90 Å². The van der Waals surface area contributed by atoms with E-state index in [4.69, 9.17) is 4.74 Å². The standard InChI is InChI=1S/C15H21NO2/c1-3-11-18-15(17)16-13(4-2)10-9-12-7-5-6-8-14(12)16/h5-8,13H,3-4,9-11H2,1-2H3. The molecular formula is C15H21NO2. The van der Waals surface area contributed by atoms with Crippen molar-refractivity contribution in [2.75, 3.05) is 11.5 Å². The van der Waals surface area contributed by atoms with Crippen molar-refractivity contribution in [1.29, 1.82) is 0 Å². The summed E-state index contributed by atoms with van der Waals surface area (Å²) in [5.74, 6) is 0. The summed E-state index contributed by atoms with van der Waals surface area (Å²) in [6, 6.07) is 8.40. The molecule has 0 N–H and O–H groups in total. The van der Waals surface area contributed by atoms with Gasteiger partial charge in [0.05, 0.1) is 12.3 Å². The Labute approximate surface area is 109 Å². The normalized spacial score (nSPS) is 18.3. The molecule has 2 rings (SSSR count). The third-order valence-corrected chi connectivity index (χ3v) is 3.46. The van der Waals surface area contributed by atoms with Crippen LogP contribution in [0.25, 0.3) is 0 Å². The molecule has 0 saturated heterocycles. The molecule has 1 atom stereocenters. The number of nitrogens with zero attached hydrogens (tertiary/aromatic N) is 1. The minimum atomic E-state index is -0.198. The van der Waals surface area contributed by atoms with Gasteiger partial charge >= 0.3 is 6.09 Å². The fraction of sp³-hybridized carbons (Fsp3) is 0.533. The molecule has 0 aliphatic carbocycles. The minimum Gasteiger partial charge on any atom is -0.449 e. The van der Waals surface area contributed by atoms with Crippen LogP contribution in [0.1, 0.15) is 38.7 Å². The lowest BCUT2D eigenvalue weighted by molar-refractivity contribution is 0.150. The summed E-state index contributed by atoms with van der Waals surface area (Å²) < 4.78 is 5.31. The van der Waals surface area contributed by atoms with Crippen molar-refractivity contribution in [2.24, 2.45) is 0 Å². The smallest absolute Gasteiger partial charge is 0.414 e. The number of hydrogen-bond donors (Lipinski definition) is 0. The lowest BCUT2D eigenvalue weighted by atomic mass is 9.95. The molecule has 1 amide bonds. The van der Waals surface area contributed by atoms with Crippen molar-refractivity contribution in [3.63, 3.8) is 0 Å². The molecule has 1 aliphatic heterocycles. The van der Waals surface area contributed by atoms with Crippen LogP contribution < -0.4 is 4.90 Å². The molecule has 98 valence electrons. The zero-order valence-corrected chi connectivity index (χ0v) is 11.2. The molecule has 0 aromatic heterocycles. The van der Waals surface area contributed by atoms with E-state index in [0.717, 1.165) is 31.4 Å². The largest absolute Gasteiger partial charge is 0.449 e. The fourth-order valence-electron chi connectivity index (χ4n) is 2.50. The van der Waals surface area contributed by atoms with E-state index >= 15 is 0 Å². The highest BCUT2D eigenvalue weighted by Gasteiger charge is 2.30. The first-order valence-corrected chi connectivity index (χ1v) is 6.81. The Balaban J connectivity index is 2.26. The average Bonchev–Trinajstić information content (AvgIpc) is 2.43. The zero-order valence-electron chi connectivity index (χ0n) is 11.2. The van der Waals surface area contributed by atoms with E-state index in [1.165, 1.54) is 5.56 Å². The number of hydrogen-bond acceptors (Lipinski definition) is 2. The monoisotopic (exact) mass is 247 g/mol. The summed E-state index contributed by atoms with van der Waals surface area (Å²) in [6.07, 6.45) is 3.70. The number of aryl methyl sites for hydroxylation is 1. The number of carbonyl (C=O) groups excluding carboxylic acids is 1. The van der Waals surface area contributed by atoms with Crippen LogP contribution in [0.15, 0.2) is 24.3 Å². The van der Waals surface area contributed by atoms with E-state index in [0.29, 0.717) is 6.61 Å². The Bertz CT molecular complexity index is 417. The third kappa shape index (κ3) is 2.50. The van der Waals surface area contributed by atoms with Crippen molar-refractivity contribution in [1.82, 2.24) is 0 Å². The molecule has 18 heavy (non-hydrogen) atoms. The molecule has 3 heteroatoms. The summed E-state index contributed by atoms with van der Waals surface area (Å²) in [5.41, 5.74) is 2.27. The molecule has 3 nitrogen and oxygen atoms in total. The topological polar surface area (TPSA) is 29.5 Å². The lowest BCUT2D eigenvalue weighted by Gasteiger charge is -2.35. The van der Waals surface area contributed by atoms with Crippen LogP contribution >= 0.6 is 0 Å². The van der Waals surface area contributed by atoms with Gasteiger partial charge < -0.3 is 4.74 Å². The predicted octanol–water partition coefficient (Wildman–Crippen LogP) is 3.76. The maximum Gasteiger partial charge on any atom is 0.414 e. The Morgan fingerprint density at radius 2 is 2.17 bits per heavy atom. The zero-order chi connectivity index (χ0) is 13.0. The van der Waals surface area contributed by atoms with Gasteiger partial charge in [0.1, 0.15) is 0 Å². The average molecular weight is 247 g/mol. The minimum absolute atomic E-state index is 0.198. The second kappa shape index (κ2) is 5.89. The quantitative estimate of drug-likeness (QED) is 0.813. The van der Waals surface area contributed by atoms with Gasteiger partial charge in [0.15, 0.2) is 0 Å². The van der Waals surface area contributed by atoms with Gasteiger partial charge in [0, 0.05) is 6.04 Å². The number of amides is 1. The first-order valence-electron chi connectivity index (χ1n) is 6.81. The number of rotatable bonds is 3. The highest BCUT2D eigenvalue weighted by Crippen LogP contribution is 2.32. The summed E-state index contributed by atoms with van der Waals surface area (Å²) in [7, 11) is 0. The van der Waals surface area contributed by atoms with Crippen molar-refractivity contribution in [3.8, 4) is 0 Å². The summed E-state index contributed by atoms with van der Waals surface area (Å²) in [5, 5.41) is 0. The van der Waals surface area contributed by atoms with E-state index in [9.17, 15) is 4.79 Å². The van der Waals surface area contributed by atoms with E-state index in [1.807, 2.05) is 30.0 Å². The number of anilines is 1. The van der Waals surface area contributed by atoms with Crippen LogP contribution in [0.2, 0.25) is 0 Å². The number of carbonyl (C=O) groups is 1. The number of ether oxygens (including phenoxy) is 1. The van der Waals surface area contributed by atoms with Crippen molar-refractivity contribution >= 4 is 11.8 Å². The molecule has 0 bridgehead atoms. The first-order chi connectivity index (χ1) is 8.77. The van der Waals surface area contributed by atoms with Crippen LogP contribution in [-0.2, 0) is 11.2 Å². The van der Waals surface area contributed by atoms with E-state index < -0.39 is 0 Å². The molecule has 0 fully saturated rings. The van der Waals surface area contributed by atoms with E-state index in [1.54, 1.807) is 0 Å². The second-order valence-electron chi connectivity index (χ2n) is 4.71. The van der Waals surface area contributed by atoms with Crippen LogP contribution in [0, 0.1) is 0 Å². The molecule has 1 heterocycles. The molecule has 1 aromatic carbocycles. The fourth-order valence-corrected chi connectivity index (χ4v) is 2.50. The first kappa shape index (κ1) is 12.9. The summed E-state index contributed by atoms with van der Waals surface area (Å²) >= 11 is 0. The van der Waals surface area contributed by atoms with Gasteiger partial charge in [0.2, 0.25) is 0 Å². The van der Waals surface area contributed by atoms with Gasteiger partial charge in [-0.1, -0.05) is 32.0 Å². The Morgan fingerprint density at radius 3 is 2.89 bits per heavy atom. The lowest BCUT2D eigenvalue weighted by Crippen LogP contribution is -2.43. The van der Waals surface area contributed by atoms with Crippen LogP contribution in [0.3, 0.4) is 0 Å². The summed E-state index contributed by atoms with van der Waals surface area (Å²) in [4.78, 5) is 14.0. The molecule has 1 aliphatic rings. The molecule has 1 aromatic rings. The van der Waals surface area contributed by atoms with Gasteiger partial charge in [-0.25, -0.2) is 4.79 Å². The highest BCUT2D eigenvalue weighted by atomic mass is 16.6. The third-order valence-electron chi connectivity index (χ3n) is 3.46. The van der Waals surface area contributed by atoms with Crippen molar-refractivity contribution < 1.29 is 9.53 Å². The SMILES string of the molecule is CCCOC(=O)N1c2ccccc2CCC1CC. The van der Waals surface area contributed by atoms with Crippen LogP contribution in [-0.4, -0.2) is 18.7 Å². The van der Waals surface area contributed by atoms with E-state index in [2.05, 4.69) is 13.0 Å². The van der Waals surface area contributed by atoms with Gasteiger partial charge in [-0.05, 0) is 37.3 Å². The van der Waals surface area contributed by atoms with Gasteiger partial charge in [-0.15, -0.1) is 0 Å². The molecule has 1 unspecified atom stereocenters. The maximum atomic E-state index is 12.2. The number of fused-ring (bicyclic) bond motifs is 1. The highest BCUT2D eigenvalue weighted by molar-refractivity contribution is 5.90. The molecular weight excluding hydrogens is 226 g/mol. The number of benzene rings is 1. The summed E-state index contributed by atoms with van der Waals surface area (Å²) in [6.45, 7) is 4.63. The molecule has 0 radical (unpaired) electrons. The van der Waals surface area contributed by atoms with Crippen molar-refractivity contribution in [3.05, 3.63) is 29.8 Å². The number of para-hydroxylation sites is 1. The van der Waals surface area contributed by atoms with Crippen LogP contribution in [0.4, 0.5) is 10.5 Å².